The minimum absolute atomic E-state index is 0.203. The van der Waals surface area contributed by atoms with Crippen LogP contribution < -0.4 is 15.6 Å². The maximum absolute atomic E-state index is 12.4. The third-order valence-corrected chi connectivity index (χ3v) is 4.60. The van der Waals surface area contributed by atoms with Crippen molar-refractivity contribution in [1.29, 1.82) is 0 Å². The third kappa shape index (κ3) is 5.22. The lowest BCUT2D eigenvalue weighted by atomic mass is 9.99. The number of nitrogens with one attached hydrogen (secondary N) is 2. The van der Waals surface area contributed by atoms with Gasteiger partial charge in [-0.3, -0.25) is 4.79 Å². The standard InChI is InChI=1S/C22H33N3O4/c1-8-16(23-21(27)28-22(5,6)7)19-15-12-11-13-18(29-24-14(4)26)20(15)25(10-3)17(19)9-2/h11-13,16H,8-10H2,1-7H3,(H,23,27)(H,24,26)/t16-/m1/s1. The number of ether oxygens (including phenoxy) is 1. The number of fused-ring (bicyclic) bond motifs is 1. The summed E-state index contributed by atoms with van der Waals surface area (Å²) in [6, 6.07) is 5.54. The zero-order valence-electron chi connectivity index (χ0n) is 18.5. The van der Waals surface area contributed by atoms with Crippen molar-refractivity contribution in [2.24, 2.45) is 0 Å². The Morgan fingerprint density at radius 2 is 1.86 bits per heavy atom. The largest absolute Gasteiger partial charge is 0.444 e. The van der Waals surface area contributed by atoms with Gasteiger partial charge in [-0.15, -0.1) is 0 Å². The molecule has 29 heavy (non-hydrogen) atoms. The molecule has 0 unspecified atom stereocenters. The Hall–Kier alpha value is -2.70. The lowest BCUT2D eigenvalue weighted by Gasteiger charge is -2.24. The molecule has 7 nitrogen and oxygen atoms in total. The summed E-state index contributed by atoms with van der Waals surface area (Å²) in [6.07, 6.45) is 1.07. The maximum Gasteiger partial charge on any atom is 0.408 e. The monoisotopic (exact) mass is 403 g/mol. The van der Waals surface area contributed by atoms with Crippen molar-refractivity contribution in [3.8, 4) is 5.75 Å². The molecule has 0 bridgehead atoms. The molecule has 0 aliphatic heterocycles. The van der Waals surface area contributed by atoms with Crippen LogP contribution in [0, 0.1) is 0 Å². The number of aromatic nitrogens is 1. The van der Waals surface area contributed by atoms with E-state index in [4.69, 9.17) is 9.57 Å². The molecule has 1 aromatic heterocycles. The van der Waals surface area contributed by atoms with E-state index in [1.54, 1.807) is 0 Å². The SMILES string of the molecule is CCc1c([C@@H](CC)NC(=O)OC(C)(C)C)c2cccc(ONC(C)=O)c2n1CC. The summed E-state index contributed by atoms with van der Waals surface area (Å²) in [5, 5.41) is 4.02. The number of carbonyl (C=O) groups is 2. The summed E-state index contributed by atoms with van der Waals surface area (Å²) >= 11 is 0. The van der Waals surface area contributed by atoms with Gasteiger partial charge in [0.25, 0.3) is 0 Å². The number of hydrogen-bond acceptors (Lipinski definition) is 4. The molecule has 2 rings (SSSR count). The molecule has 0 aliphatic rings. The van der Waals surface area contributed by atoms with Crippen LogP contribution in [-0.2, 0) is 22.5 Å². The molecule has 0 aliphatic carbocycles. The first-order chi connectivity index (χ1) is 13.6. The molecule has 2 amide bonds. The molecular formula is C22H33N3O4. The lowest BCUT2D eigenvalue weighted by molar-refractivity contribution is -0.125. The van der Waals surface area contributed by atoms with Gasteiger partial charge >= 0.3 is 6.09 Å². The number of benzene rings is 1. The Bertz CT molecular complexity index is 880. The number of nitrogens with zero attached hydrogens (tertiary/aromatic N) is 1. The Balaban J connectivity index is 2.57. The molecule has 0 spiro atoms. The number of hydrogen-bond donors (Lipinski definition) is 2. The van der Waals surface area contributed by atoms with Crippen LogP contribution in [0.3, 0.4) is 0 Å². The van der Waals surface area contributed by atoms with Crippen LogP contribution in [0.2, 0.25) is 0 Å². The highest BCUT2D eigenvalue weighted by Crippen LogP contribution is 2.37. The average molecular weight is 404 g/mol. The number of aryl methyl sites for hydroxylation is 1. The zero-order chi connectivity index (χ0) is 21.8. The van der Waals surface area contributed by atoms with Gasteiger partial charge in [-0.1, -0.05) is 26.0 Å². The second-order valence-corrected chi connectivity index (χ2v) is 7.98. The smallest absolute Gasteiger partial charge is 0.408 e. The summed E-state index contributed by atoms with van der Waals surface area (Å²) in [7, 11) is 0. The number of carbonyl (C=O) groups excluding carboxylic acids is 2. The van der Waals surface area contributed by atoms with Crippen molar-refractivity contribution in [2.75, 3.05) is 0 Å². The topological polar surface area (TPSA) is 81.6 Å². The molecule has 0 saturated heterocycles. The van der Waals surface area contributed by atoms with Gasteiger partial charge in [-0.05, 0) is 46.6 Å². The summed E-state index contributed by atoms with van der Waals surface area (Å²) in [6.45, 7) is 13.9. The van der Waals surface area contributed by atoms with Gasteiger partial charge in [-0.2, -0.15) is 5.48 Å². The van der Waals surface area contributed by atoms with E-state index >= 15 is 0 Å². The quantitative estimate of drug-likeness (QED) is 0.661. The van der Waals surface area contributed by atoms with Gasteiger partial charge < -0.3 is 19.5 Å². The Morgan fingerprint density at radius 3 is 2.38 bits per heavy atom. The first-order valence-electron chi connectivity index (χ1n) is 10.2. The number of alkyl carbamates (subject to hydrolysis) is 1. The van der Waals surface area contributed by atoms with Crippen LogP contribution in [0.15, 0.2) is 18.2 Å². The van der Waals surface area contributed by atoms with Crippen LogP contribution in [0.25, 0.3) is 10.9 Å². The molecule has 2 N–H and O–H groups in total. The van der Waals surface area contributed by atoms with Crippen molar-refractivity contribution < 1.29 is 19.2 Å². The van der Waals surface area contributed by atoms with E-state index in [2.05, 4.69) is 29.2 Å². The highest BCUT2D eigenvalue weighted by Gasteiger charge is 2.26. The van der Waals surface area contributed by atoms with Gasteiger partial charge in [0.15, 0.2) is 5.75 Å². The Kier molecular flexibility index (Phi) is 7.16. The molecule has 0 saturated carbocycles. The summed E-state index contributed by atoms with van der Waals surface area (Å²) in [4.78, 5) is 29.3. The van der Waals surface area contributed by atoms with Crippen LogP contribution in [0.1, 0.15) is 72.2 Å². The van der Waals surface area contributed by atoms with Crippen molar-refractivity contribution >= 4 is 22.9 Å². The molecule has 1 atom stereocenters. The van der Waals surface area contributed by atoms with E-state index in [0.717, 1.165) is 35.1 Å². The van der Waals surface area contributed by atoms with E-state index in [1.165, 1.54) is 6.92 Å². The zero-order valence-corrected chi connectivity index (χ0v) is 18.5. The number of amides is 2. The number of hydroxylamine groups is 1. The molecular weight excluding hydrogens is 370 g/mol. The van der Waals surface area contributed by atoms with Gasteiger partial charge in [0.05, 0.1) is 11.6 Å². The van der Waals surface area contributed by atoms with Crippen LogP contribution in [-0.4, -0.2) is 22.2 Å². The van der Waals surface area contributed by atoms with Gasteiger partial charge in [-0.25, -0.2) is 4.79 Å². The maximum atomic E-state index is 12.4. The second-order valence-electron chi connectivity index (χ2n) is 7.98. The Labute approximate surface area is 172 Å². The minimum Gasteiger partial charge on any atom is -0.444 e. The van der Waals surface area contributed by atoms with Gasteiger partial charge in [0.2, 0.25) is 5.91 Å². The predicted molar refractivity (Wildman–Crippen MR) is 114 cm³/mol. The fourth-order valence-corrected chi connectivity index (χ4v) is 3.61. The van der Waals surface area contributed by atoms with Crippen molar-refractivity contribution in [2.45, 2.75) is 79.5 Å². The lowest BCUT2D eigenvalue weighted by Crippen LogP contribution is -2.35. The average Bonchev–Trinajstić information content (AvgIpc) is 2.96. The van der Waals surface area contributed by atoms with Gasteiger partial charge in [0, 0.05) is 30.1 Å². The minimum atomic E-state index is -0.563. The highest BCUT2D eigenvalue weighted by atomic mass is 16.7. The number of para-hydroxylation sites is 1. The van der Waals surface area contributed by atoms with E-state index in [-0.39, 0.29) is 11.9 Å². The summed E-state index contributed by atoms with van der Waals surface area (Å²) < 4.78 is 7.65. The molecule has 1 aromatic carbocycles. The van der Waals surface area contributed by atoms with Crippen LogP contribution in [0.5, 0.6) is 5.75 Å². The molecule has 0 radical (unpaired) electrons. The van der Waals surface area contributed by atoms with Crippen LogP contribution >= 0.6 is 0 Å². The third-order valence-electron chi connectivity index (χ3n) is 4.60. The summed E-state index contributed by atoms with van der Waals surface area (Å²) in [5.74, 6) is 0.304. The summed E-state index contributed by atoms with van der Waals surface area (Å²) in [5.41, 5.74) is 4.94. The molecule has 2 aromatic rings. The fraction of sp³-hybridized carbons (Fsp3) is 0.545. The van der Waals surface area contributed by atoms with E-state index in [0.29, 0.717) is 12.2 Å². The molecule has 0 fully saturated rings. The second kappa shape index (κ2) is 9.20. The fourth-order valence-electron chi connectivity index (χ4n) is 3.61. The molecule has 160 valence electrons. The molecule has 7 heteroatoms. The van der Waals surface area contributed by atoms with E-state index in [9.17, 15) is 9.59 Å². The van der Waals surface area contributed by atoms with Crippen molar-refractivity contribution in [3.63, 3.8) is 0 Å². The van der Waals surface area contributed by atoms with Crippen molar-refractivity contribution in [1.82, 2.24) is 15.4 Å². The van der Waals surface area contributed by atoms with E-state index < -0.39 is 11.7 Å². The predicted octanol–water partition coefficient (Wildman–Crippen LogP) is 4.63. The van der Waals surface area contributed by atoms with E-state index in [1.807, 2.05) is 45.9 Å². The van der Waals surface area contributed by atoms with Crippen LogP contribution in [0.4, 0.5) is 4.79 Å². The first kappa shape index (κ1) is 22.6. The highest BCUT2D eigenvalue weighted by molar-refractivity contribution is 5.91. The normalized spacial score (nSPS) is 12.5. The first-order valence-corrected chi connectivity index (χ1v) is 10.2. The van der Waals surface area contributed by atoms with Crippen molar-refractivity contribution in [3.05, 3.63) is 29.5 Å². The Morgan fingerprint density at radius 1 is 1.17 bits per heavy atom. The molecule has 1 heterocycles. The van der Waals surface area contributed by atoms with Gasteiger partial charge in [0.1, 0.15) is 5.60 Å². The number of rotatable bonds is 7.